The second-order valence-corrected chi connectivity index (χ2v) is 5.52. The average molecular weight is 282 g/mol. The quantitative estimate of drug-likeness (QED) is 0.851. The van der Waals surface area contributed by atoms with Gasteiger partial charge in [0, 0.05) is 17.3 Å². The lowest BCUT2D eigenvalue weighted by atomic mass is 10.0. The fraction of sp³-hybridized carbons (Fsp3) is 0.278. The van der Waals surface area contributed by atoms with Gasteiger partial charge in [-0.2, -0.15) is 0 Å². The molecular weight excluding hydrogens is 260 g/mol. The van der Waals surface area contributed by atoms with Crippen molar-refractivity contribution in [2.45, 2.75) is 32.7 Å². The Kier molecular flexibility index (Phi) is 4.99. The predicted molar refractivity (Wildman–Crippen MR) is 87.5 cm³/mol. The van der Waals surface area contributed by atoms with Gasteiger partial charge in [-0.05, 0) is 50.5 Å². The Morgan fingerprint density at radius 3 is 2.67 bits per heavy atom. The fourth-order valence-corrected chi connectivity index (χ4v) is 2.37. The molecule has 0 heterocycles. The maximum absolute atomic E-state index is 11.2. The van der Waals surface area contributed by atoms with Crippen molar-refractivity contribution in [3.05, 3.63) is 65.2 Å². The number of aryl methyl sites for hydroxylation is 2. The minimum atomic E-state index is -0.397. The minimum Gasteiger partial charge on any atom is -0.383 e. The van der Waals surface area contributed by atoms with E-state index in [-0.39, 0.29) is 0 Å². The summed E-state index contributed by atoms with van der Waals surface area (Å²) >= 11 is 0. The molecule has 0 unspecified atom stereocenters. The predicted octanol–water partition coefficient (Wildman–Crippen LogP) is 3.53. The Labute approximate surface area is 126 Å². The number of carbonyl (C=O) groups excluding carboxylic acids is 1. The maximum atomic E-state index is 11.2. The van der Waals surface area contributed by atoms with Gasteiger partial charge >= 0.3 is 0 Å². The third-order valence-electron chi connectivity index (χ3n) is 3.51. The van der Waals surface area contributed by atoms with Gasteiger partial charge in [0.05, 0.1) is 0 Å². The zero-order valence-corrected chi connectivity index (χ0v) is 12.6. The first-order chi connectivity index (χ1) is 10.0. The number of amides is 1. The molecule has 2 aromatic carbocycles. The molecule has 0 saturated heterocycles. The van der Waals surface area contributed by atoms with E-state index in [1.807, 2.05) is 12.1 Å². The van der Waals surface area contributed by atoms with Crippen molar-refractivity contribution >= 4 is 11.6 Å². The summed E-state index contributed by atoms with van der Waals surface area (Å²) in [6.07, 6.45) is 2.07. The van der Waals surface area contributed by atoms with Crippen molar-refractivity contribution in [2.75, 3.05) is 5.32 Å². The number of benzene rings is 2. The van der Waals surface area contributed by atoms with Crippen LogP contribution in [0.3, 0.4) is 0 Å². The Bertz CT molecular complexity index is 622. The zero-order valence-electron chi connectivity index (χ0n) is 12.6. The highest BCUT2D eigenvalue weighted by Gasteiger charge is 2.05. The van der Waals surface area contributed by atoms with Crippen LogP contribution in [0.2, 0.25) is 0 Å². The highest BCUT2D eigenvalue weighted by molar-refractivity contribution is 5.93. The number of nitrogens with two attached hydrogens (primary N) is 1. The van der Waals surface area contributed by atoms with Crippen LogP contribution in [0.4, 0.5) is 5.69 Å². The summed E-state index contributed by atoms with van der Waals surface area (Å²) < 4.78 is 0. The SMILES string of the molecule is Cc1cccc(CC[C@H](C)Nc2cccc(C(N)=O)c2)c1. The molecule has 3 nitrogen and oxygen atoms in total. The topological polar surface area (TPSA) is 55.1 Å². The van der Waals surface area contributed by atoms with Gasteiger partial charge in [0.25, 0.3) is 0 Å². The van der Waals surface area contributed by atoms with E-state index in [2.05, 4.69) is 43.4 Å². The molecule has 0 fully saturated rings. The van der Waals surface area contributed by atoms with E-state index in [4.69, 9.17) is 5.73 Å². The lowest BCUT2D eigenvalue weighted by Crippen LogP contribution is -2.17. The Morgan fingerprint density at radius 1 is 1.19 bits per heavy atom. The lowest BCUT2D eigenvalue weighted by Gasteiger charge is -2.16. The first-order valence-corrected chi connectivity index (χ1v) is 7.26. The second-order valence-electron chi connectivity index (χ2n) is 5.52. The van der Waals surface area contributed by atoms with Crippen molar-refractivity contribution in [3.8, 4) is 0 Å². The first kappa shape index (κ1) is 15.1. The third-order valence-corrected chi connectivity index (χ3v) is 3.51. The van der Waals surface area contributed by atoms with E-state index < -0.39 is 5.91 Å². The van der Waals surface area contributed by atoms with Crippen LogP contribution in [0.15, 0.2) is 48.5 Å². The van der Waals surface area contributed by atoms with Crippen molar-refractivity contribution in [1.82, 2.24) is 0 Å². The minimum absolute atomic E-state index is 0.327. The molecule has 2 aromatic rings. The number of rotatable bonds is 6. The molecule has 0 aliphatic heterocycles. The summed E-state index contributed by atoms with van der Waals surface area (Å²) in [5, 5.41) is 3.41. The van der Waals surface area contributed by atoms with E-state index in [0.717, 1.165) is 18.5 Å². The van der Waals surface area contributed by atoms with Gasteiger partial charge in [0.15, 0.2) is 0 Å². The number of carbonyl (C=O) groups is 1. The van der Waals surface area contributed by atoms with Crippen LogP contribution in [0, 0.1) is 6.92 Å². The summed E-state index contributed by atoms with van der Waals surface area (Å²) in [4.78, 5) is 11.2. The highest BCUT2D eigenvalue weighted by atomic mass is 16.1. The molecule has 2 rings (SSSR count). The molecule has 0 aliphatic rings. The number of nitrogens with one attached hydrogen (secondary N) is 1. The van der Waals surface area contributed by atoms with Crippen LogP contribution >= 0.6 is 0 Å². The summed E-state index contributed by atoms with van der Waals surface area (Å²) in [6.45, 7) is 4.26. The van der Waals surface area contributed by atoms with Gasteiger partial charge < -0.3 is 11.1 Å². The summed E-state index contributed by atoms with van der Waals surface area (Å²) in [6, 6.07) is 16.2. The summed E-state index contributed by atoms with van der Waals surface area (Å²) in [5.74, 6) is -0.397. The molecule has 3 heteroatoms. The number of hydrogen-bond donors (Lipinski definition) is 2. The van der Waals surface area contributed by atoms with Gasteiger partial charge in [0.1, 0.15) is 0 Å². The van der Waals surface area contributed by atoms with E-state index in [1.165, 1.54) is 11.1 Å². The van der Waals surface area contributed by atoms with Crippen LogP contribution in [-0.4, -0.2) is 11.9 Å². The van der Waals surface area contributed by atoms with Crippen molar-refractivity contribution in [3.63, 3.8) is 0 Å². The van der Waals surface area contributed by atoms with E-state index in [9.17, 15) is 4.79 Å². The Morgan fingerprint density at radius 2 is 1.95 bits per heavy atom. The van der Waals surface area contributed by atoms with Gasteiger partial charge in [-0.15, -0.1) is 0 Å². The summed E-state index contributed by atoms with van der Waals surface area (Å²) in [7, 11) is 0. The molecular formula is C18H22N2O. The van der Waals surface area contributed by atoms with Crippen LogP contribution in [0.1, 0.15) is 34.8 Å². The van der Waals surface area contributed by atoms with Gasteiger partial charge in [-0.3, -0.25) is 4.79 Å². The Balaban J connectivity index is 1.91. The van der Waals surface area contributed by atoms with Gasteiger partial charge in [-0.1, -0.05) is 35.9 Å². The molecule has 0 bridgehead atoms. The molecule has 0 aliphatic carbocycles. The third kappa shape index (κ3) is 4.63. The van der Waals surface area contributed by atoms with Gasteiger partial charge in [0.2, 0.25) is 5.91 Å². The first-order valence-electron chi connectivity index (χ1n) is 7.26. The van der Waals surface area contributed by atoms with Crippen LogP contribution in [0.25, 0.3) is 0 Å². The van der Waals surface area contributed by atoms with Crippen molar-refractivity contribution in [2.24, 2.45) is 5.73 Å². The van der Waals surface area contributed by atoms with E-state index >= 15 is 0 Å². The molecule has 0 radical (unpaired) electrons. The Hall–Kier alpha value is -2.29. The second kappa shape index (κ2) is 6.93. The highest BCUT2D eigenvalue weighted by Crippen LogP contribution is 2.14. The number of anilines is 1. The number of hydrogen-bond acceptors (Lipinski definition) is 2. The maximum Gasteiger partial charge on any atom is 0.248 e. The molecule has 1 amide bonds. The van der Waals surface area contributed by atoms with Crippen LogP contribution in [-0.2, 0) is 6.42 Å². The standard InChI is InChI=1S/C18H22N2O/c1-13-5-3-6-15(11-13)10-9-14(2)20-17-8-4-7-16(12-17)18(19)21/h3-8,11-12,14,20H,9-10H2,1-2H3,(H2,19,21)/t14-/m0/s1. The van der Waals surface area contributed by atoms with Gasteiger partial charge in [-0.25, -0.2) is 0 Å². The molecule has 0 aromatic heterocycles. The molecule has 3 N–H and O–H groups in total. The number of primary amides is 1. The fourth-order valence-electron chi connectivity index (χ4n) is 2.37. The molecule has 0 spiro atoms. The monoisotopic (exact) mass is 282 g/mol. The molecule has 1 atom stereocenters. The van der Waals surface area contributed by atoms with Crippen LogP contribution in [0.5, 0.6) is 0 Å². The molecule has 110 valence electrons. The van der Waals surface area contributed by atoms with E-state index in [0.29, 0.717) is 11.6 Å². The normalized spacial score (nSPS) is 11.9. The molecule has 0 saturated carbocycles. The van der Waals surface area contributed by atoms with Crippen molar-refractivity contribution < 1.29 is 4.79 Å². The van der Waals surface area contributed by atoms with E-state index in [1.54, 1.807) is 12.1 Å². The molecule has 21 heavy (non-hydrogen) atoms. The smallest absolute Gasteiger partial charge is 0.248 e. The van der Waals surface area contributed by atoms with Crippen LogP contribution < -0.4 is 11.1 Å². The lowest BCUT2D eigenvalue weighted by molar-refractivity contribution is 0.100. The summed E-state index contributed by atoms with van der Waals surface area (Å²) in [5.41, 5.74) is 9.41. The zero-order chi connectivity index (χ0) is 15.2. The average Bonchev–Trinajstić information content (AvgIpc) is 2.45. The van der Waals surface area contributed by atoms with Crippen molar-refractivity contribution in [1.29, 1.82) is 0 Å². The largest absolute Gasteiger partial charge is 0.383 e.